The average molecular weight is 326 g/mol. The molecule has 124 valence electrons. The van der Waals surface area contributed by atoms with Crippen LogP contribution in [0.15, 0.2) is 24.3 Å². The quantitative estimate of drug-likeness (QED) is 0.842. The highest BCUT2D eigenvalue weighted by Gasteiger charge is 2.35. The fourth-order valence-corrected chi connectivity index (χ4v) is 2.80. The topological polar surface area (TPSA) is 38.3 Å². The fourth-order valence-electron chi connectivity index (χ4n) is 2.67. The van der Waals surface area contributed by atoms with E-state index in [4.69, 9.17) is 16.3 Å². The number of rotatable bonds is 5. The third-order valence-corrected chi connectivity index (χ3v) is 3.41. The van der Waals surface area contributed by atoms with Gasteiger partial charge in [0.25, 0.3) is 5.91 Å². The second-order valence-electron chi connectivity index (χ2n) is 8.14. The van der Waals surface area contributed by atoms with E-state index >= 15 is 0 Å². The second kappa shape index (κ2) is 6.49. The molecule has 1 rings (SSSR count). The average Bonchev–Trinajstić information content (AvgIpc) is 2.27. The van der Waals surface area contributed by atoms with E-state index in [1.165, 1.54) is 0 Å². The van der Waals surface area contributed by atoms with Gasteiger partial charge in [0.2, 0.25) is 0 Å². The summed E-state index contributed by atoms with van der Waals surface area (Å²) in [6, 6.07) is 7.01. The maximum absolute atomic E-state index is 12.6. The molecule has 1 aromatic rings. The summed E-state index contributed by atoms with van der Waals surface area (Å²) in [7, 11) is 0. The van der Waals surface area contributed by atoms with Gasteiger partial charge in [-0.05, 0) is 63.8 Å². The Morgan fingerprint density at radius 3 is 2.00 bits per heavy atom. The predicted molar refractivity (Wildman–Crippen MR) is 92.5 cm³/mol. The number of carbonyl (C=O) groups is 1. The molecule has 0 heterocycles. The Morgan fingerprint density at radius 1 is 1.05 bits per heavy atom. The first kappa shape index (κ1) is 18.8. The lowest BCUT2D eigenvalue weighted by molar-refractivity contribution is -0.136. The highest BCUT2D eigenvalue weighted by molar-refractivity contribution is 6.30. The van der Waals surface area contributed by atoms with E-state index in [0.717, 1.165) is 6.42 Å². The third kappa shape index (κ3) is 6.27. The molecule has 0 spiro atoms. The van der Waals surface area contributed by atoms with Gasteiger partial charge in [0.15, 0.2) is 5.60 Å². The molecular formula is C18H28ClNO2. The molecule has 0 fully saturated rings. The second-order valence-corrected chi connectivity index (χ2v) is 8.58. The van der Waals surface area contributed by atoms with Crippen LogP contribution in [0.1, 0.15) is 54.9 Å². The van der Waals surface area contributed by atoms with Gasteiger partial charge in [0.05, 0.1) is 0 Å². The third-order valence-electron chi connectivity index (χ3n) is 3.16. The van der Waals surface area contributed by atoms with Gasteiger partial charge in [-0.1, -0.05) is 32.4 Å². The summed E-state index contributed by atoms with van der Waals surface area (Å²) >= 11 is 5.86. The van der Waals surface area contributed by atoms with Crippen molar-refractivity contribution < 1.29 is 9.53 Å². The molecule has 1 amide bonds. The molecule has 1 aromatic carbocycles. The Balaban J connectivity index is 2.75. The lowest BCUT2D eigenvalue weighted by atomic mass is 9.81. The molecule has 3 nitrogen and oxygen atoms in total. The molecule has 4 heteroatoms. The van der Waals surface area contributed by atoms with Crippen molar-refractivity contribution in [2.75, 3.05) is 0 Å². The van der Waals surface area contributed by atoms with Gasteiger partial charge in [-0.25, -0.2) is 0 Å². The Bertz CT molecular complexity index is 513. The van der Waals surface area contributed by atoms with Crippen LogP contribution in [0.2, 0.25) is 5.02 Å². The van der Waals surface area contributed by atoms with Crippen LogP contribution in [0.5, 0.6) is 5.75 Å². The van der Waals surface area contributed by atoms with Crippen molar-refractivity contribution in [1.82, 2.24) is 5.32 Å². The zero-order valence-corrected chi connectivity index (χ0v) is 15.5. The molecule has 0 radical (unpaired) electrons. The lowest BCUT2D eigenvalue weighted by Gasteiger charge is -2.36. The van der Waals surface area contributed by atoms with Crippen LogP contribution < -0.4 is 10.1 Å². The van der Waals surface area contributed by atoms with Crippen molar-refractivity contribution in [2.24, 2.45) is 5.41 Å². The monoisotopic (exact) mass is 325 g/mol. The van der Waals surface area contributed by atoms with Crippen molar-refractivity contribution in [3.05, 3.63) is 29.3 Å². The number of hydrogen-bond donors (Lipinski definition) is 1. The largest absolute Gasteiger partial charge is 0.478 e. The molecule has 0 saturated carbocycles. The van der Waals surface area contributed by atoms with Gasteiger partial charge in [-0.3, -0.25) is 4.79 Å². The minimum atomic E-state index is -0.955. The maximum Gasteiger partial charge on any atom is 0.264 e. The van der Waals surface area contributed by atoms with Gasteiger partial charge in [-0.15, -0.1) is 0 Å². The zero-order valence-electron chi connectivity index (χ0n) is 14.7. The van der Waals surface area contributed by atoms with Crippen LogP contribution in [0.25, 0.3) is 0 Å². The van der Waals surface area contributed by atoms with E-state index < -0.39 is 5.60 Å². The van der Waals surface area contributed by atoms with Crippen molar-refractivity contribution >= 4 is 17.5 Å². The molecule has 1 N–H and O–H groups in total. The molecular weight excluding hydrogens is 298 g/mol. The first-order valence-corrected chi connectivity index (χ1v) is 7.96. The van der Waals surface area contributed by atoms with Gasteiger partial charge < -0.3 is 10.1 Å². The van der Waals surface area contributed by atoms with Crippen molar-refractivity contribution in [2.45, 2.75) is 66.0 Å². The minimum Gasteiger partial charge on any atom is -0.478 e. The van der Waals surface area contributed by atoms with E-state index in [-0.39, 0.29) is 16.9 Å². The van der Waals surface area contributed by atoms with Crippen molar-refractivity contribution in [1.29, 1.82) is 0 Å². The van der Waals surface area contributed by atoms with E-state index in [0.29, 0.717) is 10.8 Å². The maximum atomic E-state index is 12.6. The minimum absolute atomic E-state index is 0.128. The molecule has 0 saturated heterocycles. The van der Waals surface area contributed by atoms with Gasteiger partial charge >= 0.3 is 0 Å². The summed E-state index contributed by atoms with van der Waals surface area (Å²) in [6.07, 6.45) is 0.878. The number of hydrogen-bond acceptors (Lipinski definition) is 2. The normalized spacial score (nSPS) is 12.9. The van der Waals surface area contributed by atoms with Crippen LogP contribution in [0.3, 0.4) is 0 Å². The number of nitrogens with one attached hydrogen (secondary N) is 1. The highest BCUT2D eigenvalue weighted by Crippen LogP contribution is 2.28. The molecule has 22 heavy (non-hydrogen) atoms. The number of ether oxygens (including phenoxy) is 1. The standard InChI is InChI=1S/C18H28ClNO2/c1-16(2,3)12-17(4,5)20-15(21)18(6,7)22-14-10-8-13(19)9-11-14/h8-11H,12H2,1-7H3,(H,20,21). The van der Waals surface area contributed by atoms with E-state index in [9.17, 15) is 4.79 Å². The van der Waals surface area contributed by atoms with Crippen molar-refractivity contribution in [3.8, 4) is 5.75 Å². The predicted octanol–water partition coefficient (Wildman–Crippen LogP) is 4.83. The van der Waals surface area contributed by atoms with Crippen LogP contribution in [-0.2, 0) is 4.79 Å². The van der Waals surface area contributed by atoms with Crippen LogP contribution >= 0.6 is 11.6 Å². The summed E-state index contributed by atoms with van der Waals surface area (Å²) in [6.45, 7) is 14.1. The first-order chi connectivity index (χ1) is 9.81. The number of halogens is 1. The van der Waals surface area contributed by atoms with E-state index in [2.05, 4.69) is 26.1 Å². The summed E-state index contributed by atoms with van der Waals surface area (Å²) in [4.78, 5) is 12.6. The molecule has 0 bridgehead atoms. The van der Waals surface area contributed by atoms with Crippen LogP contribution in [0, 0.1) is 5.41 Å². The summed E-state index contributed by atoms with van der Waals surface area (Å²) in [5, 5.41) is 3.73. The summed E-state index contributed by atoms with van der Waals surface area (Å²) < 4.78 is 5.82. The molecule has 0 aliphatic heterocycles. The van der Waals surface area contributed by atoms with Gasteiger partial charge in [0, 0.05) is 10.6 Å². The van der Waals surface area contributed by atoms with Gasteiger partial charge in [-0.2, -0.15) is 0 Å². The molecule has 0 aliphatic rings. The number of amides is 1. The molecule has 0 unspecified atom stereocenters. The zero-order chi connectivity index (χ0) is 17.2. The Hall–Kier alpha value is -1.22. The van der Waals surface area contributed by atoms with Crippen molar-refractivity contribution in [3.63, 3.8) is 0 Å². The first-order valence-electron chi connectivity index (χ1n) is 7.58. The molecule has 0 atom stereocenters. The Morgan fingerprint density at radius 2 is 1.55 bits per heavy atom. The van der Waals surface area contributed by atoms with E-state index in [1.54, 1.807) is 38.1 Å². The molecule has 0 aromatic heterocycles. The fraction of sp³-hybridized carbons (Fsp3) is 0.611. The Kier molecular flexibility index (Phi) is 5.56. The van der Waals surface area contributed by atoms with Crippen LogP contribution in [0.4, 0.5) is 0 Å². The van der Waals surface area contributed by atoms with E-state index in [1.807, 2.05) is 13.8 Å². The highest BCUT2D eigenvalue weighted by atomic mass is 35.5. The SMILES string of the molecule is CC(C)(C)CC(C)(C)NC(=O)C(C)(C)Oc1ccc(Cl)cc1. The summed E-state index contributed by atoms with van der Waals surface area (Å²) in [5.74, 6) is 0.495. The smallest absolute Gasteiger partial charge is 0.264 e. The number of carbonyl (C=O) groups excluding carboxylic acids is 1. The van der Waals surface area contributed by atoms with Crippen LogP contribution in [-0.4, -0.2) is 17.0 Å². The summed E-state index contributed by atoms with van der Waals surface area (Å²) in [5.41, 5.74) is -1.11. The number of benzene rings is 1. The lowest BCUT2D eigenvalue weighted by Crippen LogP contribution is -2.55. The molecule has 0 aliphatic carbocycles. The van der Waals surface area contributed by atoms with Gasteiger partial charge in [0.1, 0.15) is 5.75 Å². The Labute approximate surface area is 139 Å².